The van der Waals surface area contributed by atoms with Gasteiger partial charge in [-0.25, -0.2) is 4.39 Å². The number of carbonyl (C=O) groups is 1. The van der Waals surface area contributed by atoms with Crippen molar-refractivity contribution in [3.63, 3.8) is 0 Å². The monoisotopic (exact) mass is 314 g/mol. The van der Waals surface area contributed by atoms with Gasteiger partial charge in [-0.05, 0) is 34.7 Å². The Kier molecular flexibility index (Phi) is 5.37. The van der Waals surface area contributed by atoms with E-state index in [4.69, 9.17) is 0 Å². The van der Waals surface area contributed by atoms with Gasteiger partial charge >= 0.3 is 0 Å². The molecule has 0 radical (unpaired) electrons. The predicted octanol–water partition coefficient (Wildman–Crippen LogP) is 3.85. The molecule has 0 aliphatic carbocycles. The van der Waals surface area contributed by atoms with E-state index >= 15 is 0 Å². The Labute approximate surface area is 136 Å². The molecule has 3 nitrogen and oxygen atoms in total. The fraction of sp³-hybridized carbons (Fsp3) is 0.316. The van der Waals surface area contributed by atoms with Crippen molar-refractivity contribution in [1.29, 1.82) is 0 Å². The summed E-state index contributed by atoms with van der Waals surface area (Å²) in [5, 5.41) is 6.02. The Bertz CT molecular complexity index is 660. The van der Waals surface area contributed by atoms with Crippen LogP contribution in [0.1, 0.15) is 31.9 Å². The van der Waals surface area contributed by atoms with Crippen LogP contribution in [0.5, 0.6) is 0 Å². The number of amides is 1. The van der Waals surface area contributed by atoms with Crippen molar-refractivity contribution >= 4 is 11.6 Å². The van der Waals surface area contributed by atoms with E-state index in [9.17, 15) is 9.18 Å². The Morgan fingerprint density at radius 1 is 1.04 bits per heavy atom. The molecule has 122 valence electrons. The van der Waals surface area contributed by atoms with Crippen molar-refractivity contribution in [3.05, 3.63) is 65.5 Å². The Hall–Kier alpha value is -2.36. The van der Waals surface area contributed by atoms with Crippen LogP contribution in [-0.2, 0) is 16.8 Å². The molecule has 0 saturated heterocycles. The van der Waals surface area contributed by atoms with Crippen LogP contribution >= 0.6 is 0 Å². The summed E-state index contributed by atoms with van der Waals surface area (Å²) in [6, 6.07) is 14.1. The highest BCUT2D eigenvalue weighted by Gasteiger charge is 2.17. The third kappa shape index (κ3) is 5.09. The first-order chi connectivity index (χ1) is 10.9. The van der Waals surface area contributed by atoms with E-state index in [2.05, 4.69) is 37.5 Å². The van der Waals surface area contributed by atoms with Gasteiger partial charge in [0.25, 0.3) is 0 Å². The first-order valence-corrected chi connectivity index (χ1v) is 7.71. The normalized spacial score (nSPS) is 11.1. The number of nitrogens with one attached hydrogen (secondary N) is 2. The molecule has 0 aromatic heterocycles. The molecule has 2 rings (SSSR count). The van der Waals surface area contributed by atoms with E-state index in [1.807, 2.05) is 18.2 Å². The second-order valence-electron chi connectivity index (χ2n) is 6.55. The maximum atomic E-state index is 12.8. The molecule has 2 N–H and O–H groups in total. The average molecular weight is 314 g/mol. The number of carbonyl (C=O) groups excluding carboxylic acids is 1. The second-order valence-corrected chi connectivity index (χ2v) is 6.55. The minimum Gasteiger partial charge on any atom is -0.376 e. The largest absolute Gasteiger partial charge is 0.376 e. The summed E-state index contributed by atoms with van der Waals surface area (Å²) >= 11 is 0. The molecule has 23 heavy (non-hydrogen) atoms. The standard InChI is InChI=1S/C19H23FN2O/c1-19(2,3)16-6-4-5-7-17(16)21-13-18(23)22-12-14-8-10-15(20)11-9-14/h4-11,21H,12-13H2,1-3H3,(H,22,23). The van der Waals surface area contributed by atoms with Crippen molar-refractivity contribution < 1.29 is 9.18 Å². The SMILES string of the molecule is CC(C)(C)c1ccccc1NCC(=O)NCc1ccc(F)cc1. The zero-order chi connectivity index (χ0) is 16.9. The van der Waals surface area contributed by atoms with Crippen molar-refractivity contribution in [2.75, 3.05) is 11.9 Å². The first-order valence-electron chi connectivity index (χ1n) is 7.71. The van der Waals surface area contributed by atoms with Gasteiger partial charge < -0.3 is 10.6 Å². The van der Waals surface area contributed by atoms with E-state index in [1.165, 1.54) is 17.7 Å². The molecular weight excluding hydrogens is 291 g/mol. The van der Waals surface area contributed by atoms with Gasteiger partial charge in [0.1, 0.15) is 5.82 Å². The minimum atomic E-state index is -0.277. The highest BCUT2D eigenvalue weighted by Crippen LogP contribution is 2.28. The third-order valence-corrected chi connectivity index (χ3v) is 3.58. The smallest absolute Gasteiger partial charge is 0.239 e. The molecule has 0 heterocycles. The molecule has 0 aliphatic rings. The van der Waals surface area contributed by atoms with Gasteiger partial charge in [0.05, 0.1) is 6.54 Å². The first kappa shape index (κ1) is 17.0. The second kappa shape index (κ2) is 7.27. The quantitative estimate of drug-likeness (QED) is 0.880. The Morgan fingerprint density at radius 3 is 2.35 bits per heavy atom. The van der Waals surface area contributed by atoms with Crippen LogP contribution in [0, 0.1) is 5.82 Å². The van der Waals surface area contributed by atoms with Crippen molar-refractivity contribution in [2.24, 2.45) is 0 Å². The molecule has 4 heteroatoms. The number of para-hydroxylation sites is 1. The lowest BCUT2D eigenvalue weighted by atomic mass is 9.86. The maximum Gasteiger partial charge on any atom is 0.239 e. The van der Waals surface area contributed by atoms with Crippen LogP contribution < -0.4 is 10.6 Å². The number of benzene rings is 2. The fourth-order valence-electron chi connectivity index (χ4n) is 2.33. The van der Waals surface area contributed by atoms with Gasteiger partial charge in [0.2, 0.25) is 5.91 Å². The topological polar surface area (TPSA) is 41.1 Å². The van der Waals surface area contributed by atoms with Gasteiger partial charge in [-0.1, -0.05) is 51.1 Å². The zero-order valence-electron chi connectivity index (χ0n) is 13.8. The van der Waals surface area contributed by atoms with Gasteiger partial charge in [-0.2, -0.15) is 0 Å². The zero-order valence-corrected chi connectivity index (χ0v) is 13.8. The van der Waals surface area contributed by atoms with E-state index < -0.39 is 0 Å². The molecule has 0 fully saturated rings. The van der Waals surface area contributed by atoms with E-state index in [1.54, 1.807) is 12.1 Å². The summed E-state index contributed by atoms with van der Waals surface area (Å²) < 4.78 is 12.8. The number of halogens is 1. The fourth-order valence-corrected chi connectivity index (χ4v) is 2.33. The molecule has 0 saturated carbocycles. The summed E-state index contributed by atoms with van der Waals surface area (Å²) in [4.78, 5) is 12.0. The number of hydrogen-bond acceptors (Lipinski definition) is 2. The summed E-state index contributed by atoms with van der Waals surface area (Å²) in [6.07, 6.45) is 0. The van der Waals surface area contributed by atoms with Gasteiger partial charge in [-0.15, -0.1) is 0 Å². The van der Waals surface area contributed by atoms with Crippen LogP contribution in [0.2, 0.25) is 0 Å². The van der Waals surface area contributed by atoms with Gasteiger partial charge in [0.15, 0.2) is 0 Å². The lowest BCUT2D eigenvalue weighted by molar-refractivity contribution is -0.119. The molecule has 0 atom stereocenters. The Balaban J connectivity index is 1.89. The molecule has 0 aliphatic heterocycles. The molecule has 1 amide bonds. The van der Waals surface area contributed by atoms with Crippen molar-refractivity contribution in [1.82, 2.24) is 5.32 Å². The summed E-state index contributed by atoms with van der Waals surface area (Å²) in [7, 11) is 0. The van der Waals surface area contributed by atoms with E-state index in [-0.39, 0.29) is 23.7 Å². The molecule has 2 aromatic rings. The molecule has 0 spiro atoms. The maximum absolute atomic E-state index is 12.8. The lowest BCUT2D eigenvalue weighted by Crippen LogP contribution is -2.30. The number of rotatable bonds is 5. The van der Waals surface area contributed by atoms with Gasteiger partial charge in [0, 0.05) is 12.2 Å². The molecular formula is C19H23FN2O. The average Bonchev–Trinajstić information content (AvgIpc) is 2.52. The van der Waals surface area contributed by atoms with E-state index in [0.717, 1.165) is 11.3 Å². The van der Waals surface area contributed by atoms with E-state index in [0.29, 0.717) is 6.54 Å². The van der Waals surface area contributed by atoms with Crippen molar-refractivity contribution in [3.8, 4) is 0 Å². The highest BCUT2D eigenvalue weighted by molar-refractivity contribution is 5.81. The molecule has 2 aromatic carbocycles. The molecule has 0 unspecified atom stereocenters. The Morgan fingerprint density at radius 2 is 1.70 bits per heavy atom. The number of hydrogen-bond donors (Lipinski definition) is 2. The van der Waals surface area contributed by atoms with Crippen molar-refractivity contribution in [2.45, 2.75) is 32.7 Å². The lowest BCUT2D eigenvalue weighted by Gasteiger charge is -2.23. The van der Waals surface area contributed by atoms with Crippen LogP contribution in [0.3, 0.4) is 0 Å². The van der Waals surface area contributed by atoms with Crippen LogP contribution in [0.25, 0.3) is 0 Å². The molecule has 0 bridgehead atoms. The minimum absolute atomic E-state index is 0.00812. The van der Waals surface area contributed by atoms with Crippen LogP contribution in [-0.4, -0.2) is 12.5 Å². The highest BCUT2D eigenvalue weighted by atomic mass is 19.1. The van der Waals surface area contributed by atoms with Crippen LogP contribution in [0.4, 0.5) is 10.1 Å². The summed E-state index contributed by atoms with van der Waals surface area (Å²) in [5.41, 5.74) is 3.02. The van der Waals surface area contributed by atoms with Crippen LogP contribution in [0.15, 0.2) is 48.5 Å². The van der Waals surface area contributed by atoms with Gasteiger partial charge in [-0.3, -0.25) is 4.79 Å². The third-order valence-electron chi connectivity index (χ3n) is 3.58. The number of anilines is 1. The summed E-state index contributed by atoms with van der Waals surface area (Å²) in [5.74, 6) is -0.376. The predicted molar refractivity (Wildman–Crippen MR) is 91.9 cm³/mol. The summed E-state index contributed by atoms with van der Waals surface area (Å²) in [6.45, 7) is 7.02.